The molecule has 1 atom stereocenters. The van der Waals surface area contributed by atoms with Gasteiger partial charge in [-0.25, -0.2) is 0 Å². The molecule has 0 aromatic heterocycles. The van der Waals surface area contributed by atoms with Crippen LogP contribution in [0.4, 0.5) is 5.69 Å². The first-order chi connectivity index (χ1) is 12.3. The fraction of sp³-hybridized carbons (Fsp3) is 0.579. The van der Waals surface area contributed by atoms with Crippen molar-refractivity contribution in [1.82, 2.24) is 10.2 Å². The van der Waals surface area contributed by atoms with Gasteiger partial charge in [0, 0.05) is 36.3 Å². The van der Waals surface area contributed by atoms with Crippen LogP contribution in [0.2, 0.25) is 0 Å². The number of fused-ring (bicyclic) bond motifs is 1. The molecule has 2 aliphatic rings. The Labute approximate surface area is 160 Å². The molecule has 7 heteroatoms. The van der Waals surface area contributed by atoms with Crippen molar-refractivity contribution >= 4 is 28.9 Å². The molecule has 1 saturated heterocycles. The molecule has 1 aromatic rings. The van der Waals surface area contributed by atoms with Crippen molar-refractivity contribution in [2.24, 2.45) is 0 Å². The van der Waals surface area contributed by atoms with Crippen molar-refractivity contribution in [2.75, 3.05) is 25.1 Å². The maximum Gasteiger partial charge on any atom is 0.224 e. The van der Waals surface area contributed by atoms with Crippen LogP contribution in [0.15, 0.2) is 18.2 Å². The molecule has 142 valence electrons. The molecule has 1 fully saturated rings. The highest BCUT2D eigenvalue weighted by Gasteiger charge is 2.32. The van der Waals surface area contributed by atoms with Crippen molar-refractivity contribution in [2.45, 2.75) is 51.6 Å². The molecule has 2 heterocycles. The van der Waals surface area contributed by atoms with Gasteiger partial charge in [-0.15, -0.1) is 0 Å². The number of amides is 1. The van der Waals surface area contributed by atoms with E-state index in [1.165, 1.54) is 0 Å². The summed E-state index contributed by atoms with van der Waals surface area (Å²) in [6.07, 6.45) is 2.23. The van der Waals surface area contributed by atoms with Crippen LogP contribution in [0.1, 0.15) is 40.0 Å². The van der Waals surface area contributed by atoms with Crippen molar-refractivity contribution < 1.29 is 14.3 Å². The summed E-state index contributed by atoms with van der Waals surface area (Å²) in [6, 6.07) is 5.84. The van der Waals surface area contributed by atoms with Gasteiger partial charge in [-0.2, -0.15) is 0 Å². The number of ether oxygens (including phenoxy) is 2. The Morgan fingerprint density at radius 3 is 2.81 bits per heavy atom. The minimum atomic E-state index is -0.00875. The van der Waals surface area contributed by atoms with E-state index in [0.29, 0.717) is 31.4 Å². The highest BCUT2D eigenvalue weighted by molar-refractivity contribution is 7.80. The highest BCUT2D eigenvalue weighted by Crippen LogP contribution is 2.32. The number of carbonyl (C=O) groups excluding carboxylic acids is 1. The molecular weight excluding hydrogens is 350 g/mol. The van der Waals surface area contributed by atoms with E-state index in [-0.39, 0.29) is 11.4 Å². The number of hydrogen-bond donors (Lipinski definition) is 2. The van der Waals surface area contributed by atoms with Crippen LogP contribution in [0.5, 0.6) is 11.5 Å². The zero-order valence-corrected chi connectivity index (χ0v) is 16.4. The average molecular weight is 378 g/mol. The zero-order valence-electron chi connectivity index (χ0n) is 15.6. The van der Waals surface area contributed by atoms with Crippen LogP contribution in [-0.4, -0.2) is 47.3 Å². The normalized spacial score (nSPS) is 21.1. The lowest BCUT2D eigenvalue weighted by Crippen LogP contribution is -2.60. The fourth-order valence-corrected chi connectivity index (χ4v) is 4.09. The lowest BCUT2D eigenvalue weighted by molar-refractivity contribution is -0.116. The number of nitrogens with zero attached hydrogens (tertiary/aromatic N) is 1. The quantitative estimate of drug-likeness (QED) is 0.770. The Hall–Kier alpha value is -2.02. The Kier molecular flexibility index (Phi) is 5.55. The number of rotatable bonds is 5. The number of hydrogen-bond acceptors (Lipinski definition) is 4. The van der Waals surface area contributed by atoms with Gasteiger partial charge in [-0.05, 0) is 58.0 Å². The topological polar surface area (TPSA) is 62.8 Å². The summed E-state index contributed by atoms with van der Waals surface area (Å²) in [5.74, 6) is 1.39. The minimum absolute atomic E-state index is 0.00875. The van der Waals surface area contributed by atoms with Crippen molar-refractivity contribution in [3.8, 4) is 11.5 Å². The first-order valence-corrected chi connectivity index (χ1v) is 9.53. The van der Waals surface area contributed by atoms with Crippen molar-refractivity contribution in [3.63, 3.8) is 0 Å². The van der Waals surface area contributed by atoms with Crippen molar-refractivity contribution in [1.29, 1.82) is 0 Å². The van der Waals surface area contributed by atoms with Crippen LogP contribution >= 0.6 is 12.2 Å². The molecule has 26 heavy (non-hydrogen) atoms. The van der Waals surface area contributed by atoms with Gasteiger partial charge in [-0.1, -0.05) is 0 Å². The molecule has 0 saturated carbocycles. The Morgan fingerprint density at radius 2 is 2.08 bits per heavy atom. The molecule has 1 amide bonds. The lowest BCUT2D eigenvalue weighted by Gasteiger charge is -2.44. The van der Waals surface area contributed by atoms with Gasteiger partial charge in [0.1, 0.15) is 13.2 Å². The molecule has 1 aromatic carbocycles. The second-order valence-corrected chi connectivity index (χ2v) is 7.96. The third-order valence-corrected chi connectivity index (χ3v) is 5.01. The van der Waals surface area contributed by atoms with E-state index in [0.717, 1.165) is 35.9 Å². The number of thiocarbonyl (C=S) groups is 1. The van der Waals surface area contributed by atoms with Gasteiger partial charge >= 0.3 is 0 Å². The Bertz CT molecular complexity index is 693. The summed E-state index contributed by atoms with van der Waals surface area (Å²) in [7, 11) is 0. The third kappa shape index (κ3) is 4.58. The second-order valence-electron chi connectivity index (χ2n) is 7.57. The average Bonchev–Trinajstić information content (AvgIpc) is 2.56. The number of nitrogens with one attached hydrogen (secondary N) is 2. The van der Waals surface area contributed by atoms with Crippen LogP contribution in [-0.2, 0) is 4.79 Å². The first-order valence-electron chi connectivity index (χ1n) is 9.12. The van der Waals surface area contributed by atoms with Crippen molar-refractivity contribution in [3.05, 3.63) is 18.2 Å². The number of carbonyl (C=O) groups is 1. The monoisotopic (exact) mass is 377 g/mol. The number of benzene rings is 1. The first kappa shape index (κ1) is 18.8. The van der Waals surface area contributed by atoms with Gasteiger partial charge in [0.2, 0.25) is 5.91 Å². The maximum absolute atomic E-state index is 12.2. The SMILES string of the molecule is C[C@H]1CC(C)(C)NC(=S)N1CCCC(=O)Nc1ccc2c(c1)OCCO2. The highest BCUT2D eigenvalue weighted by atomic mass is 32.1. The predicted molar refractivity (Wildman–Crippen MR) is 106 cm³/mol. The van der Waals surface area contributed by atoms with Gasteiger partial charge < -0.3 is 25.0 Å². The smallest absolute Gasteiger partial charge is 0.224 e. The summed E-state index contributed by atoms with van der Waals surface area (Å²) >= 11 is 5.48. The van der Waals surface area contributed by atoms with Gasteiger partial charge in [0.05, 0.1) is 0 Å². The largest absolute Gasteiger partial charge is 0.486 e. The second kappa shape index (κ2) is 7.70. The summed E-state index contributed by atoms with van der Waals surface area (Å²) < 4.78 is 11.0. The predicted octanol–water partition coefficient (Wildman–Crippen LogP) is 2.92. The molecule has 0 radical (unpaired) electrons. The van der Waals surface area contributed by atoms with E-state index >= 15 is 0 Å². The van der Waals surface area contributed by atoms with E-state index in [1.807, 2.05) is 12.1 Å². The Balaban J connectivity index is 1.47. The van der Waals surface area contributed by atoms with Crippen LogP contribution in [0.3, 0.4) is 0 Å². The molecule has 2 N–H and O–H groups in total. The molecular formula is C19H27N3O3S. The minimum Gasteiger partial charge on any atom is -0.486 e. The molecule has 2 aliphatic heterocycles. The summed E-state index contributed by atoms with van der Waals surface area (Å²) in [5.41, 5.74) is 0.757. The fourth-order valence-electron chi connectivity index (χ4n) is 3.54. The van der Waals surface area contributed by atoms with E-state index in [9.17, 15) is 4.79 Å². The van der Waals surface area contributed by atoms with Crippen LogP contribution < -0.4 is 20.1 Å². The van der Waals surface area contributed by atoms with Gasteiger partial charge in [0.15, 0.2) is 16.6 Å². The summed E-state index contributed by atoms with van der Waals surface area (Å²) in [4.78, 5) is 14.4. The van der Waals surface area contributed by atoms with Crippen LogP contribution in [0, 0.1) is 0 Å². The summed E-state index contributed by atoms with van der Waals surface area (Å²) in [5, 5.41) is 7.08. The van der Waals surface area contributed by atoms with E-state index in [4.69, 9.17) is 21.7 Å². The van der Waals surface area contributed by atoms with E-state index in [2.05, 4.69) is 36.3 Å². The molecule has 6 nitrogen and oxygen atoms in total. The maximum atomic E-state index is 12.2. The van der Waals surface area contributed by atoms with E-state index in [1.54, 1.807) is 6.07 Å². The molecule has 0 spiro atoms. The van der Waals surface area contributed by atoms with Crippen LogP contribution in [0.25, 0.3) is 0 Å². The summed E-state index contributed by atoms with van der Waals surface area (Å²) in [6.45, 7) is 8.37. The molecule has 0 unspecified atom stereocenters. The third-order valence-electron chi connectivity index (χ3n) is 4.67. The lowest BCUT2D eigenvalue weighted by atomic mass is 9.93. The van der Waals surface area contributed by atoms with Gasteiger partial charge in [-0.3, -0.25) is 4.79 Å². The van der Waals surface area contributed by atoms with E-state index < -0.39 is 0 Å². The standard InChI is InChI=1S/C19H27N3O3S/c1-13-12-19(2,3)21-18(26)22(13)8-4-5-17(23)20-14-6-7-15-16(11-14)25-10-9-24-15/h6-7,11,13H,4-5,8-10,12H2,1-3H3,(H,20,23)(H,21,26)/t13-/m0/s1. The molecule has 3 rings (SSSR count). The number of anilines is 1. The Morgan fingerprint density at radius 1 is 1.35 bits per heavy atom. The van der Waals surface area contributed by atoms with Gasteiger partial charge in [0.25, 0.3) is 0 Å². The molecule has 0 bridgehead atoms. The molecule has 0 aliphatic carbocycles. The zero-order chi connectivity index (χ0) is 18.7.